The summed E-state index contributed by atoms with van der Waals surface area (Å²) in [6, 6.07) is 17.9. The fourth-order valence-corrected chi connectivity index (χ4v) is 5.49. The van der Waals surface area contributed by atoms with Gasteiger partial charge in [0.1, 0.15) is 5.75 Å². The van der Waals surface area contributed by atoms with Crippen molar-refractivity contribution in [3.63, 3.8) is 0 Å². The molecule has 2 aromatic carbocycles. The van der Waals surface area contributed by atoms with Gasteiger partial charge in [-0.3, -0.25) is 0 Å². The first-order valence-corrected chi connectivity index (χ1v) is 13.4. The largest absolute Gasteiger partial charge is 0.497 e. The smallest absolute Gasteiger partial charge is 0.159 e. The lowest BCUT2D eigenvalue weighted by Gasteiger charge is -2.51. The number of hydrogen-bond donors (Lipinski definition) is 1. The second-order valence-electron chi connectivity index (χ2n) is 10.1. The van der Waals surface area contributed by atoms with Crippen LogP contribution in [-0.2, 0) is 41.6 Å². The fourth-order valence-electron chi connectivity index (χ4n) is 5.49. The van der Waals surface area contributed by atoms with Crippen LogP contribution in [0.15, 0.2) is 54.6 Å². The highest BCUT2D eigenvalue weighted by molar-refractivity contribution is 5.26. The van der Waals surface area contributed by atoms with E-state index in [0.29, 0.717) is 32.5 Å². The standard InChI is InChI=1S/C30H42O8/c1-20-29(36-19-22-10-12-23(32-2)13-11-22)27(17-28(33-3)34-4)37-26-16-25(24(14-15-31)38-30(20)26)35-18-21-8-6-5-7-9-21/h5-13,20,24-31H,14-19H2,1-4H3/t20?,24-,25-,26+,27+,29-,30+/m1/s1. The van der Waals surface area contributed by atoms with Crippen LogP contribution >= 0.6 is 0 Å². The fraction of sp³-hybridized carbons (Fsp3) is 0.600. The number of fused-ring (bicyclic) bond motifs is 1. The van der Waals surface area contributed by atoms with Gasteiger partial charge in [0, 0.05) is 39.6 Å². The molecule has 0 spiro atoms. The van der Waals surface area contributed by atoms with Gasteiger partial charge in [-0.25, -0.2) is 0 Å². The highest BCUT2D eigenvalue weighted by Gasteiger charge is 2.50. The zero-order valence-corrected chi connectivity index (χ0v) is 22.9. The number of aliphatic hydroxyl groups excluding tert-OH is 1. The lowest BCUT2D eigenvalue weighted by Crippen LogP contribution is -2.61. The third-order valence-electron chi connectivity index (χ3n) is 7.60. The van der Waals surface area contributed by atoms with Crippen LogP contribution in [0.5, 0.6) is 5.75 Å². The minimum Gasteiger partial charge on any atom is -0.497 e. The molecule has 1 unspecified atom stereocenters. The maximum atomic E-state index is 9.75. The maximum absolute atomic E-state index is 9.75. The number of rotatable bonds is 13. The number of ether oxygens (including phenoxy) is 7. The second-order valence-corrected chi connectivity index (χ2v) is 10.1. The van der Waals surface area contributed by atoms with Crippen LogP contribution < -0.4 is 4.74 Å². The molecular formula is C30H42O8. The molecule has 2 fully saturated rings. The third kappa shape index (κ3) is 7.33. The predicted molar refractivity (Wildman–Crippen MR) is 142 cm³/mol. The first-order valence-electron chi connectivity index (χ1n) is 13.4. The summed E-state index contributed by atoms with van der Waals surface area (Å²) in [4.78, 5) is 0. The van der Waals surface area contributed by atoms with Crippen molar-refractivity contribution in [3.05, 3.63) is 65.7 Å². The average molecular weight is 531 g/mol. The van der Waals surface area contributed by atoms with Crippen molar-refractivity contribution in [2.45, 2.75) is 82.3 Å². The molecule has 0 radical (unpaired) electrons. The van der Waals surface area contributed by atoms with E-state index in [9.17, 15) is 5.11 Å². The Morgan fingerprint density at radius 2 is 1.55 bits per heavy atom. The Balaban J connectivity index is 1.48. The summed E-state index contributed by atoms with van der Waals surface area (Å²) in [5.41, 5.74) is 2.15. The summed E-state index contributed by atoms with van der Waals surface area (Å²) in [5.74, 6) is 0.851. The van der Waals surface area contributed by atoms with Crippen molar-refractivity contribution < 1.29 is 38.3 Å². The van der Waals surface area contributed by atoms with E-state index in [1.807, 2.05) is 54.6 Å². The molecule has 2 aromatic rings. The molecule has 2 aliphatic heterocycles. The SMILES string of the molecule is COc1ccc(CO[C@@H]2C(C)[C@@H]3O[C@H](CCO)[C@H](OCc4ccccc4)C[C@@H]3O[C@H]2CC(OC)OC)cc1. The molecule has 0 amide bonds. The van der Waals surface area contributed by atoms with Gasteiger partial charge in [-0.1, -0.05) is 49.4 Å². The molecule has 8 nitrogen and oxygen atoms in total. The second kappa shape index (κ2) is 14.4. The highest BCUT2D eigenvalue weighted by Crippen LogP contribution is 2.40. The van der Waals surface area contributed by atoms with Gasteiger partial charge >= 0.3 is 0 Å². The number of hydrogen-bond acceptors (Lipinski definition) is 8. The van der Waals surface area contributed by atoms with E-state index in [1.165, 1.54) is 0 Å². The minimum absolute atomic E-state index is 0.0336. The van der Waals surface area contributed by atoms with Crippen LogP contribution in [-0.4, -0.2) is 76.0 Å². The molecule has 0 aromatic heterocycles. The molecule has 2 heterocycles. The molecule has 8 heteroatoms. The molecule has 2 aliphatic rings. The first-order chi connectivity index (χ1) is 18.6. The summed E-state index contributed by atoms with van der Waals surface area (Å²) < 4.78 is 42.4. The van der Waals surface area contributed by atoms with Gasteiger partial charge < -0.3 is 38.3 Å². The van der Waals surface area contributed by atoms with Gasteiger partial charge in [0.05, 0.1) is 56.9 Å². The van der Waals surface area contributed by atoms with Crippen LogP contribution in [0.4, 0.5) is 0 Å². The zero-order chi connectivity index (χ0) is 26.9. The molecule has 0 bridgehead atoms. The lowest BCUT2D eigenvalue weighted by molar-refractivity contribution is -0.287. The van der Waals surface area contributed by atoms with Crippen molar-refractivity contribution in [3.8, 4) is 5.75 Å². The van der Waals surface area contributed by atoms with Crippen LogP contribution in [0, 0.1) is 5.92 Å². The third-order valence-corrected chi connectivity index (χ3v) is 7.60. The van der Waals surface area contributed by atoms with E-state index in [2.05, 4.69) is 6.92 Å². The lowest BCUT2D eigenvalue weighted by atomic mass is 9.81. The van der Waals surface area contributed by atoms with Crippen molar-refractivity contribution in [1.29, 1.82) is 0 Å². The normalized spacial score (nSPS) is 29.3. The summed E-state index contributed by atoms with van der Waals surface area (Å²) in [5, 5.41) is 9.75. The molecule has 2 saturated heterocycles. The average Bonchev–Trinajstić information content (AvgIpc) is 2.95. The predicted octanol–water partition coefficient (Wildman–Crippen LogP) is 4.12. The number of benzene rings is 2. The summed E-state index contributed by atoms with van der Waals surface area (Å²) in [7, 11) is 4.92. The quantitative estimate of drug-likeness (QED) is 0.387. The Morgan fingerprint density at radius 1 is 0.868 bits per heavy atom. The van der Waals surface area contributed by atoms with Crippen LogP contribution in [0.2, 0.25) is 0 Å². The Labute approximate surface area is 226 Å². The van der Waals surface area contributed by atoms with Crippen molar-refractivity contribution in [1.82, 2.24) is 0 Å². The summed E-state index contributed by atoms with van der Waals surface area (Å²) in [6.07, 6.45) is 0.0741. The van der Waals surface area contributed by atoms with E-state index in [-0.39, 0.29) is 49.1 Å². The van der Waals surface area contributed by atoms with E-state index in [0.717, 1.165) is 16.9 Å². The molecular weight excluding hydrogens is 488 g/mol. The molecule has 38 heavy (non-hydrogen) atoms. The molecule has 7 atom stereocenters. The number of aliphatic hydroxyl groups is 1. The van der Waals surface area contributed by atoms with Crippen molar-refractivity contribution in [2.24, 2.45) is 5.92 Å². The van der Waals surface area contributed by atoms with Crippen LogP contribution in [0.1, 0.15) is 37.3 Å². The van der Waals surface area contributed by atoms with E-state index in [1.54, 1.807) is 21.3 Å². The first kappa shape index (κ1) is 29.0. The molecule has 0 saturated carbocycles. The Bertz CT molecular complexity index is 935. The molecule has 1 N–H and O–H groups in total. The Hall–Kier alpha value is -2.04. The van der Waals surface area contributed by atoms with Gasteiger partial charge in [-0.2, -0.15) is 0 Å². The Morgan fingerprint density at radius 3 is 2.21 bits per heavy atom. The summed E-state index contributed by atoms with van der Waals surface area (Å²) >= 11 is 0. The van der Waals surface area contributed by atoms with Crippen molar-refractivity contribution in [2.75, 3.05) is 27.9 Å². The van der Waals surface area contributed by atoms with Crippen LogP contribution in [0.25, 0.3) is 0 Å². The van der Waals surface area contributed by atoms with Crippen molar-refractivity contribution >= 4 is 0 Å². The minimum atomic E-state index is -0.410. The van der Waals surface area contributed by atoms with E-state index >= 15 is 0 Å². The van der Waals surface area contributed by atoms with E-state index in [4.69, 9.17) is 33.2 Å². The number of methoxy groups -OCH3 is 3. The summed E-state index contributed by atoms with van der Waals surface area (Å²) in [6.45, 7) is 3.10. The van der Waals surface area contributed by atoms with Gasteiger partial charge in [-0.15, -0.1) is 0 Å². The van der Waals surface area contributed by atoms with Crippen LogP contribution in [0.3, 0.4) is 0 Å². The topological polar surface area (TPSA) is 84.8 Å². The van der Waals surface area contributed by atoms with Gasteiger partial charge in [-0.05, 0) is 29.7 Å². The molecule has 210 valence electrons. The van der Waals surface area contributed by atoms with Gasteiger partial charge in [0.2, 0.25) is 0 Å². The van der Waals surface area contributed by atoms with Gasteiger partial charge in [0.15, 0.2) is 6.29 Å². The zero-order valence-electron chi connectivity index (χ0n) is 22.9. The van der Waals surface area contributed by atoms with Gasteiger partial charge in [0.25, 0.3) is 0 Å². The monoisotopic (exact) mass is 530 g/mol. The van der Waals surface area contributed by atoms with E-state index < -0.39 is 6.29 Å². The highest BCUT2D eigenvalue weighted by atomic mass is 16.7. The Kier molecular flexibility index (Phi) is 11.0. The molecule has 4 rings (SSSR count). The molecule has 0 aliphatic carbocycles. The maximum Gasteiger partial charge on any atom is 0.159 e.